The Morgan fingerprint density at radius 2 is 1.94 bits per heavy atom. The van der Waals surface area contributed by atoms with E-state index in [2.05, 4.69) is 18.7 Å². The van der Waals surface area contributed by atoms with Gasteiger partial charge < -0.3 is 9.64 Å². The van der Waals surface area contributed by atoms with Crippen LogP contribution in [0.2, 0.25) is 0 Å². The zero-order valence-corrected chi connectivity index (χ0v) is 11.1. The maximum Gasteiger partial charge on any atom is 0.341 e. The van der Waals surface area contributed by atoms with Gasteiger partial charge in [-0.15, -0.1) is 0 Å². The molecule has 0 N–H and O–H groups in total. The highest BCUT2D eigenvalue weighted by Gasteiger charge is 2.16. The van der Waals surface area contributed by atoms with Crippen molar-refractivity contribution in [2.45, 2.75) is 26.9 Å². The molecule has 0 aliphatic heterocycles. The first kappa shape index (κ1) is 14.6. The number of hydrogen-bond acceptors (Lipinski definition) is 3. The minimum Gasteiger partial charge on any atom is -0.458 e. The number of ether oxygens (including phenoxy) is 1. The summed E-state index contributed by atoms with van der Waals surface area (Å²) in [6, 6.07) is 5.85. The van der Waals surface area contributed by atoms with Gasteiger partial charge in [0, 0.05) is 6.54 Å². The molecule has 0 aliphatic carbocycles. The first-order valence-electron chi connectivity index (χ1n) is 6.26. The highest BCUT2D eigenvalue weighted by Crippen LogP contribution is 2.09. The van der Waals surface area contributed by atoms with E-state index in [9.17, 15) is 9.18 Å². The van der Waals surface area contributed by atoms with Gasteiger partial charge in [0.05, 0.1) is 5.56 Å². The molecule has 0 aliphatic rings. The van der Waals surface area contributed by atoms with Crippen LogP contribution in [0, 0.1) is 5.82 Å². The van der Waals surface area contributed by atoms with Crippen LogP contribution in [0.1, 0.15) is 31.1 Å². The van der Waals surface area contributed by atoms with Gasteiger partial charge in [-0.1, -0.05) is 26.0 Å². The largest absolute Gasteiger partial charge is 0.458 e. The number of halogens is 1. The molecule has 0 unspecified atom stereocenters. The van der Waals surface area contributed by atoms with E-state index in [1.807, 2.05) is 6.92 Å². The number of carbonyl (C=O) groups is 1. The Morgan fingerprint density at radius 3 is 2.50 bits per heavy atom. The van der Waals surface area contributed by atoms with E-state index in [1.54, 1.807) is 12.1 Å². The first-order valence-corrected chi connectivity index (χ1v) is 6.26. The Balaban J connectivity index is 2.57. The number of carbonyl (C=O) groups excluding carboxylic acids is 1. The number of likely N-dealkylation sites (N-methyl/N-ethyl adjacent to an activating group) is 1. The lowest BCUT2D eigenvalue weighted by Gasteiger charge is -2.22. The lowest BCUT2D eigenvalue weighted by atomic mass is 10.2. The second kappa shape index (κ2) is 7.11. The molecule has 100 valence electrons. The van der Waals surface area contributed by atoms with Gasteiger partial charge in [-0.2, -0.15) is 0 Å². The second-order valence-electron chi connectivity index (χ2n) is 4.18. The van der Waals surface area contributed by atoms with Crippen LogP contribution < -0.4 is 0 Å². The molecule has 1 aromatic carbocycles. The molecule has 0 spiro atoms. The van der Waals surface area contributed by atoms with Crippen LogP contribution in [0.4, 0.5) is 4.39 Å². The third-order valence-electron chi connectivity index (χ3n) is 2.81. The van der Waals surface area contributed by atoms with E-state index in [0.717, 1.165) is 13.1 Å². The molecule has 1 rings (SSSR count). The van der Waals surface area contributed by atoms with Crippen LogP contribution in [0.3, 0.4) is 0 Å². The monoisotopic (exact) mass is 253 g/mol. The normalized spacial score (nSPS) is 12.5. The predicted molar refractivity (Wildman–Crippen MR) is 69.1 cm³/mol. The molecule has 0 bridgehead atoms. The Bertz CT molecular complexity index is 391. The van der Waals surface area contributed by atoms with Crippen LogP contribution in [0.15, 0.2) is 24.3 Å². The maximum atomic E-state index is 13.4. The molecule has 0 radical (unpaired) electrons. The lowest BCUT2D eigenvalue weighted by molar-refractivity contribution is 0.0255. The Morgan fingerprint density at radius 1 is 1.33 bits per heavy atom. The molecule has 0 saturated heterocycles. The van der Waals surface area contributed by atoms with Crippen molar-refractivity contribution < 1.29 is 13.9 Å². The van der Waals surface area contributed by atoms with E-state index in [-0.39, 0.29) is 11.7 Å². The Kier molecular flexibility index (Phi) is 5.78. The summed E-state index contributed by atoms with van der Waals surface area (Å²) in [4.78, 5) is 13.9. The number of hydrogen-bond donors (Lipinski definition) is 0. The van der Waals surface area contributed by atoms with Gasteiger partial charge in [0.1, 0.15) is 11.9 Å². The molecular weight excluding hydrogens is 233 g/mol. The average molecular weight is 253 g/mol. The second-order valence-corrected chi connectivity index (χ2v) is 4.18. The fourth-order valence-corrected chi connectivity index (χ4v) is 1.76. The number of benzene rings is 1. The van der Waals surface area contributed by atoms with E-state index >= 15 is 0 Å². The number of nitrogens with zero attached hydrogens (tertiary/aromatic N) is 1. The van der Waals surface area contributed by atoms with Crippen molar-refractivity contribution in [3.8, 4) is 0 Å². The summed E-state index contributed by atoms with van der Waals surface area (Å²) >= 11 is 0. The van der Waals surface area contributed by atoms with Crippen molar-refractivity contribution in [2.24, 2.45) is 0 Å². The summed E-state index contributed by atoms with van der Waals surface area (Å²) in [5.41, 5.74) is -0.0103. The Hall–Kier alpha value is -1.42. The summed E-state index contributed by atoms with van der Waals surface area (Å²) < 4.78 is 18.6. The van der Waals surface area contributed by atoms with Gasteiger partial charge in [-0.3, -0.25) is 0 Å². The molecule has 0 fully saturated rings. The van der Waals surface area contributed by atoms with E-state index in [1.165, 1.54) is 12.1 Å². The number of esters is 1. The summed E-state index contributed by atoms with van der Waals surface area (Å²) in [6.45, 7) is 8.38. The third-order valence-corrected chi connectivity index (χ3v) is 2.81. The van der Waals surface area contributed by atoms with Gasteiger partial charge in [0.25, 0.3) is 0 Å². The van der Waals surface area contributed by atoms with Crippen LogP contribution >= 0.6 is 0 Å². The summed E-state index contributed by atoms with van der Waals surface area (Å²) in [7, 11) is 0. The Labute approximate surface area is 108 Å². The zero-order valence-electron chi connectivity index (χ0n) is 11.1. The van der Waals surface area contributed by atoms with Crippen molar-refractivity contribution in [2.75, 3.05) is 19.6 Å². The first-order chi connectivity index (χ1) is 8.58. The smallest absolute Gasteiger partial charge is 0.341 e. The van der Waals surface area contributed by atoms with Gasteiger partial charge in [0.15, 0.2) is 0 Å². The van der Waals surface area contributed by atoms with E-state index in [0.29, 0.717) is 6.54 Å². The van der Waals surface area contributed by atoms with Crippen molar-refractivity contribution in [3.63, 3.8) is 0 Å². The van der Waals surface area contributed by atoms with Gasteiger partial charge >= 0.3 is 5.97 Å². The highest BCUT2D eigenvalue weighted by atomic mass is 19.1. The average Bonchev–Trinajstić information content (AvgIpc) is 2.36. The minimum atomic E-state index is -0.604. The molecule has 0 heterocycles. The molecule has 1 atom stereocenters. The van der Waals surface area contributed by atoms with Crippen LogP contribution in [-0.4, -0.2) is 36.6 Å². The third kappa shape index (κ3) is 4.11. The molecule has 0 amide bonds. The van der Waals surface area contributed by atoms with Crippen molar-refractivity contribution in [3.05, 3.63) is 35.6 Å². The lowest BCUT2D eigenvalue weighted by Crippen LogP contribution is -2.33. The fourth-order valence-electron chi connectivity index (χ4n) is 1.76. The zero-order chi connectivity index (χ0) is 13.5. The predicted octanol–water partition coefficient (Wildman–Crippen LogP) is 2.71. The quantitative estimate of drug-likeness (QED) is 0.730. The van der Waals surface area contributed by atoms with Crippen molar-refractivity contribution in [1.29, 1.82) is 0 Å². The van der Waals surface area contributed by atoms with Gasteiger partial charge in [-0.05, 0) is 32.1 Å². The molecule has 0 saturated carbocycles. The van der Waals surface area contributed by atoms with E-state index < -0.39 is 11.8 Å². The molecule has 1 aromatic rings. The molecular formula is C14H20FNO2. The van der Waals surface area contributed by atoms with Crippen LogP contribution in [-0.2, 0) is 4.74 Å². The fraction of sp³-hybridized carbons (Fsp3) is 0.500. The van der Waals surface area contributed by atoms with Crippen molar-refractivity contribution in [1.82, 2.24) is 4.90 Å². The number of rotatable bonds is 6. The highest BCUT2D eigenvalue weighted by molar-refractivity contribution is 5.89. The molecule has 0 aromatic heterocycles. The molecule has 3 nitrogen and oxygen atoms in total. The van der Waals surface area contributed by atoms with Crippen LogP contribution in [0.25, 0.3) is 0 Å². The van der Waals surface area contributed by atoms with E-state index in [4.69, 9.17) is 4.74 Å². The maximum absolute atomic E-state index is 13.4. The van der Waals surface area contributed by atoms with Gasteiger partial charge in [-0.25, -0.2) is 9.18 Å². The van der Waals surface area contributed by atoms with Crippen molar-refractivity contribution >= 4 is 5.97 Å². The SMILES string of the molecule is CCN(CC)C[C@H](C)OC(=O)c1ccccc1F. The summed E-state index contributed by atoms with van der Waals surface area (Å²) in [5, 5.41) is 0. The van der Waals surface area contributed by atoms with Gasteiger partial charge in [0.2, 0.25) is 0 Å². The minimum absolute atomic E-state index is 0.0103. The molecule has 18 heavy (non-hydrogen) atoms. The van der Waals surface area contributed by atoms with Crippen LogP contribution in [0.5, 0.6) is 0 Å². The summed E-state index contributed by atoms with van der Waals surface area (Å²) in [5.74, 6) is -1.15. The molecule has 4 heteroatoms. The standard InChI is InChI=1S/C14H20FNO2/c1-4-16(5-2)10-11(3)18-14(17)12-8-6-7-9-13(12)15/h6-9,11H,4-5,10H2,1-3H3/t11-/m0/s1. The topological polar surface area (TPSA) is 29.5 Å². The summed E-state index contributed by atoms with van der Waals surface area (Å²) in [6.07, 6.45) is -0.253.